The molecule has 2 aromatic heterocycles. The maximum absolute atomic E-state index is 12.8. The number of nitrogens with zero attached hydrogens (tertiary/aromatic N) is 3. The van der Waals surface area contributed by atoms with Crippen LogP contribution in [0.2, 0.25) is 0 Å². The second-order valence-corrected chi connectivity index (χ2v) is 6.41. The van der Waals surface area contributed by atoms with E-state index in [0.29, 0.717) is 25.5 Å². The molecule has 0 saturated carbocycles. The van der Waals surface area contributed by atoms with Gasteiger partial charge in [0.25, 0.3) is 5.91 Å². The molecule has 6 nitrogen and oxygen atoms in total. The number of carbonyl (C=O) groups excluding carboxylic acids is 1. The van der Waals surface area contributed by atoms with Gasteiger partial charge in [0, 0.05) is 31.4 Å². The van der Waals surface area contributed by atoms with Gasteiger partial charge in [-0.05, 0) is 30.5 Å². The molecular weight excluding hydrogens is 326 g/mol. The van der Waals surface area contributed by atoms with Gasteiger partial charge in [-0.15, -0.1) is 11.3 Å². The van der Waals surface area contributed by atoms with Crippen LogP contribution in [0.3, 0.4) is 0 Å². The highest BCUT2D eigenvalue weighted by Gasteiger charge is 2.38. The Labute approximate surface area is 145 Å². The summed E-state index contributed by atoms with van der Waals surface area (Å²) in [6, 6.07) is 3.96. The average molecular weight is 347 g/mol. The number of rotatable bonds is 7. The normalized spacial score (nSPS) is 20.5. The zero-order valence-corrected chi connectivity index (χ0v) is 14.4. The van der Waals surface area contributed by atoms with Gasteiger partial charge in [0.05, 0.1) is 30.9 Å². The highest BCUT2D eigenvalue weighted by molar-refractivity contribution is 7.07. The van der Waals surface area contributed by atoms with Crippen LogP contribution in [-0.2, 0) is 15.9 Å². The molecule has 7 heteroatoms. The fourth-order valence-corrected chi connectivity index (χ4v) is 3.55. The second kappa shape index (κ2) is 8.32. The smallest absolute Gasteiger partial charge is 0.273 e. The van der Waals surface area contributed by atoms with Crippen molar-refractivity contribution in [2.45, 2.75) is 25.0 Å². The molecule has 1 fully saturated rings. The highest BCUT2D eigenvalue weighted by Crippen LogP contribution is 2.26. The molecule has 0 spiro atoms. The van der Waals surface area contributed by atoms with Gasteiger partial charge in [0.2, 0.25) is 0 Å². The van der Waals surface area contributed by atoms with E-state index in [9.17, 15) is 4.79 Å². The third-order valence-corrected chi connectivity index (χ3v) is 4.80. The molecule has 1 amide bonds. The minimum atomic E-state index is -0.0202. The number of hydrogen-bond acceptors (Lipinski definition) is 6. The standard InChI is InChI=1S/C17H21N3O3S/c1-22-8-9-23-16-4-7-20(17(21)14-11-24-12-19-14)15(16)10-13-2-5-18-6-3-13/h2-3,5-6,11-12,15-16H,4,7-10H2,1H3/t15-,16+/m0/s1. The molecule has 1 saturated heterocycles. The van der Waals surface area contributed by atoms with Crippen LogP contribution in [0.15, 0.2) is 35.4 Å². The molecule has 1 aliphatic heterocycles. The van der Waals surface area contributed by atoms with Crippen LogP contribution >= 0.6 is 11.3 Å². The van der Waals surface area contributed by atoms with Crippen molar-refractivity contribution in [3.63, 3.8) is 0 Å². The van der Waals surface area contributed by atoms with Crippen LogP contribution in [0, 0.1) is 0 Å². The monoisotopic (exact) mass is 347 g/mol. The summed E-state index contributed by atoms with van der Waals surface area (Å²) in [5.41, 5.74) is 3.35. The van der Waals surface area contributed by atoms with Gasteiger partial charge in [-0.1, -0.05) is 0 Å². The minimum Gasteiger partial charge on any atom is -0.382 e. The molecule has 1 aliphatic rings. The van der Waals surface area contributed by atoms with E-state index in [2.05, 4.69) is 9.97 Å². The van der Waals surface area contributed by atoms with E-state index < -0.39 is 0 Å². The van der Waals surface area contributed by atoms with E-state index >= 15 is 0 Å². The fraction of sp³-hybridized carbons (Fsp3) is 0.471. The molecule has 0 unspecified atom stereocenters. The largest absolute Gasteiger partial charge is 0.382 e. The van der Waals surface area contributed by atoms with Crippen LogP contribution in [0.25, 0.3) is 0 Å². The summed E-state index contributed by atoms with van der Waals surface area (Å²) in [7, 11) is 1.66. The molecule has 24 heavy (non-hydrogen) atoms. The summed E-state index contributed by atoms with van der Waals surface area (Å²) in [6.07, 6.45) is 5.14. The van der Waals surface area contributed by atoms with Crippen molar-refractivity contribution in [1.29, 1.82) is 0 Å². The van der Waals surface area contributed by atoms with E-state index in [4.69, 9.17) is 9.47 Å². The van der Waals surface area contributed by atoms with Gasteiger partial charge < -0.3 is 14.4 Å². The summed E-state index contributed by atoms with van der Waals surface area (Å²) in [5, 5.41) is 1.80. The van der Waals surface area contributed by atoms with Crippen LogP contribution in [0.1, 0.15) is 22.5 Å². The number of carbonyl (C=O) groups is 1. The molecule has 0 bridgehead atoms. The lowest BCUT2D eigenvalue weighted by Gasteiger charge is -2.28. The Kier molecular flexibility index (Phi) is 5.90. The highest BCUT2D eigenvalue weighted by atomic mass is 32.1. The maximum atomic E-state index is 12.8. The lowest BCUT2D eigenvalue weighted by atomic mass is 10.0. The van der Waals surface area contributed by atoms with E-state index in [1.807, 2.05) is 17.0 Å². The number of likely N-dealkylation sites (tertiary alicyclic amines) is 1. The first-order valence-corrected chi connectivity index (χ1v) is 8.92. The Morgan fingerprint density at radius 2 is 2.21 bits per heavy atom. The topological polar surface area (TPSA) is 64.6 Å². The molecule has 128 valence electrons. The first kappa shape index (κ1) is 17.0. The number of methoxy groups -OCH3 is 1. The zero-order valence-electron chi connectivity index (χ0n) is 13.6. The Bertz CT molecular complexity index is 636. The first-order valence-electron chi connectivity index (χ1n) is 7.98. The lowest BCUT2D eigenvalue weighted by molar-refractivity contribution is 0.000427. The summed E-state index contributed by atoms with van der Waals surface area (Å²) >= 11 is 1.43. The van der Waals surface area contributed by atoms with Crippen molar-refractivity contribution in [2.75, 3.05) is 26.9 Å². The van der Waals surface area contributed by atoms with E-state index in [0.717, 1.165) is 18.4 Å². The Morgan fingerprint density at radius 1 is 1.38 bits per heavy atom. The number of ether oxygens (including phenoxy) is 2. The maximum Gasteiger partial charge on any atom is 0.273 e. The predicted octanol–water partition coefficient (Wildman–Crippen LogP) is 2.03. The summed E-state index contributed by atoms with van der Waals surface area (Å²) < 4.78 is 11.0. The van der Waals surface area contributed by atoms with Crippen molar-refractivity contribution >= 4 is 17.2 Å². The van der Waals surface area contributed by atoms with E-state index in [-0.39, 0.29) is 18.1 Å². The molecule has 2 aromatic rings. The third-order valence-electron chi connectivity index (χ3n) is 4.21. The van der Waals surface area contributed by atoms with Crippen LogP contribution in [0.5, 0.6) is 0 Å². The molecule has 3 rings (SSSR count). The Balaban J connectivity index is 1.75. The van der Waals surface area contributed by atoms with Gasteiger partial charge in [-0.3, -0.25) is 9.78 Å². The quantitative estimate of drug-likeness (QED) is 0.717. The predicted molar refractivity (Wildman–Crippen MR) is 91.1 cm³/mol. The van der Waals surface area contributed by atoms with E-state index in [1.165, 1.54) is 11.3 Å². The number of amides is 1. The number of hydrogen-bond donors (Lipinski definition) is 0. The van der Waals surface area contributed by atoms with Crippen molar-refractivity contribution in [2.24, 2.45) is 0 Å². The van der Waals surface area contributed by atoms with Crippen molar-refractivity contribution in [3.05, 3.63) is 46.7 Å². The van der Waals surface area contributed by atoms with Gasteiger partial charge in [0.1, 0.15) is 5.69 Å². The third kappa shape index (κ3) is 3.98. The van der Waals surface area contributed by atoms with Crippen LogP contribution < -0.4 is 0 Å². The summed E-state index contributed by atoms with van der Waals surface area (Å²) in [6.45, 7) is 1.77. The molecule has 3 heterocycles. The van der Waals surface area contributed by atoms with Crippen molar-refractivity contribution in [3.8, 4) is 0 Å². The molecule has 0 radical (unpaired) electrons. The van der Waals surface area contributed by atoms with Crippen LogP contribution in [-0.4, -0.2) is 59.8 Å². The molecule has 0 aromatic carbocycles. The molecule has 0 aliphatic carbocycles. The fourth-order valence-electron chi connectivity index (χ4n) is 3.02. The van der Waals surface area contributed by atoms with E-state index in [1.54, 1.807) is 30.4 Å². The van der Waals surface area contributed by atoms with Crippen molar-refractivity contribution in [1.82, 2.24) is 14.9 Å². The molecule has 0 N–H and O–H groups in total. The van der Waals surface area contributed by atoms with Crippen molar-refractivity contribution < 1.29 is 14.3 Å². The Morgan fingerprint density at radius 3 is 2.92 bits per heavy atom. The summed E-state index contributed by atoms with van der Waals surface area (Å²) in [4.78, 5) is 22.9. The van der Waals surface area contributed by atoms with Gasteiger partial charge >= 0.3 is 0 Å². The minimum absolute atomic E-state index is 0.00143. The van der Waals surface area contributed by atoms with Gasteiger partial charge in [-0.25, -0.2) is 4.98 Å². The second-order valence-electron chi connectivity index (χ2n) is 5.69. The first-order chi connectivity index (χ1) is 11.8. The number of pyridine rings is 1. The van der Waals surface area contributed by atoms with Gasteiger partial charge in [-0.2, -0.15) is 0 Å². The number of thiazole rings is 1. The SMILES string of the molecule is COCCO[C@@H]1CCN(C(=O)c2cscn2)[C@H]1Cc1ccncc1. The molecule has 2 atom stereocenters. The zero-order chi connectivity index (χ0) is 16.8. The average Bonchev–Trinajstić information content (AvgIpc) is 3.26. The van der Waals surface area contributed by atoms with Gasteiger partial charge in [0.15, 0.2) is 0 Å². The molecular formula is C17H21N3O3S. The number of aromatic nitrogens is 2. The van der Waals surface area contributed by atoms with Crippen LogP contribution in [0.4, 0.5) is 0 Å². The lowest BCUT2D eigenvalue weighted by Crippen LogP contribution is -2.42. The Hall–Kier alpha value is -1.83. The summed E-state index contributed by atoms with van der Waals surface area (Å²) in [5.74, 6) is -0.0202.